The molecule has 7 heteroatoms. The molecule has 0 aliphatic heterocycles. The lowest BCUT2D eigenvalue weighted by molar-refractivity contribution is -0.122. The Kier molecular flexibility index (Phi) is 4.29. The number of nitrogens with one attached hydrogen (secondary N) is 1. The number of para-hydroxylation sites is 1. The zero-order valence-corrected chi connectivity index (χ0v) is 11.5. The van der Waals surface area contributed by atoms with Gasteiger partial charge in [-0.15, -0.1) is 0 Å². The Morgan fingerprint density at radius 2 is 2.00 bits per heavy atom. The van der Waals surface area contributed by atoms with Gasteiger partial charge in [-0.3, -0.25) is 4.79 Å². The predicted molar refractivity (Wildman–Crippen MR) is 73.5 cm³/mol. The first-order valence-electron chi connectivity index (χ1n) is 6.49. The van der Waals surface area contributed by atoms with Crippen LogP contribution in [-0.4, -0.2) is 31.7 Å². The molecular formula is C13H17N5O2. The number of aromatic nitrogens is 4. The van der Waals surface area contributed by atoms with Gasteiger partial charge in [0, 0.05) is 6.04 Å². The monoisotopic (exact) mass is 275 g/mol. The highest BCUT2D eigenvalue weighted by atomic mass is 16.2. The van der Waals surface area contributed by atoms with E-state index in [0.29, 0.717) is 5.69 Å². The van der Waals surface area contributed by atoms with E-state index in [1.165, 1.54) is 0 Å². The van der Waals surface area contributed by atoms with Gasteiger partial charge in [-0.05, 0) is 35.9 Å². The number of hydrogen-bond acceptors (Lipinski definition) is 4. The minimum Gasteiger partial charge on any atom is -0.352 e. The highest BCUT2D eigenvalue weighted by molar-refractivity contribution is 5.75. The Balaban J connectivity index is 2.14. The van der Waals surface area contributed by atoms with Crippen molar-refractivity contribution in [3.8, 4) is 5.69 Å². The number of rotatable bonds is 5. The van der Waals surface area contributed by atoms with Crippen molar-refractivity contribution in [2.45, 2.75) is 32.9 Å². The zero-order chi connectivity index (χ0) is 14.5. The Bertz CT molecular complexity index is 632. The molecule has 1 aromatic heterocycles. The van der Waals surface area contributed by atoms with Crippen molar-refractivity contribution in [1.82, 2.24) is 25.1 Å². The van der Waals surface area contributed by atoms with Crippen LogP contribution in [0.2, 0.25) is 0 Å². The van der Waals surface area contributed by atoms with E-state index < -0.39 is 5.69 Å². The molecule has 20 heavy (non-hydrogen) atoms. The summed E-state index contributed by atoms with van der Waals surface area (Å²) >= 11 is 0. The van der Waals surface area contributed by atoms with Crippen LogP contribution in [0.3, 0.4) is 0 Å². The molecule has 1 heterocycles. The maximum absolute atomic E-state index is 12.1. The second-order valence-corrected chi connectivity index (χ2v) is 4.54. The maximum atomic E-state index is 12.1. The molecule has 2 rings (SSSR count). The highest BCUT2D eigenvalue weighted by Gasteiger charge is 2.12. The number of tetrazole rings is 1. The normalized spacial score (nSPS) is 12.1. The van der Waals surface area contributed by atoms with E-state index in [9.17, 15) is 9.59 Å². The molecule has 1 atom stereocenters. The fourth-order valence-corrected chi connectivity index (χ4v) is 1.66. The number of carbonyl (C=O) groups is 1. The van der Waals surface area contributed by atoms with Gasteiger partial charge in [-0.25, -0.2) is 4.79 Å². The van der Waals surface area contributed by atoms with Gasteiger partial charge in [0.2, 0.25) is 5.91 Å². The van der Waals surface area contributed by atoms with Gasteiger partial charge in [0.25, 0.3) is 0 Å². The van der Waals surface area contributed by atoms with Crippen molar-refractivity contribution < 1.29 is 4.79 Å². The van der Waals surface area contributed by atoms with E-state index in [4.69, 9.17) is 0 Å². The van der Waals surface area contributed by atoms with Crippen molar-refractivity contribution in [3.63, 3.8) is 0 Å². The number of nitrogens with zero attached hydrogens (tertiary/aromatic N) is 4. The van der Waals surface area contributed by atoms with Crippen LogP contribution in [0.25, 0.3) is 5.69 Å². The smallest absolute Gasteiger partial charge is 0.352 e. The molecule has 2 aromatic rings. The molecule has 1 aromatic carbocycles. The van der Waals surface area contributed by atoms with E-state index in [1.54, 1.807) is 24.3 Å². The van der Waals surface area contributed by atoms with Crippen molar-refractivity contribution in [2.75, 3.05) is 0 Å². The lowest BCUT2D eigenvalue weighted by atomic mass is 10.2. The third-order valence-electron chi connectivity index (χ3n) is 2.95. The van der Waals surface area contributed by atoms with Crippen molar-refractivity contribution in [2.24, 2.45) is 0 Å². The van der Waals surface area contributed by atoms with Crippen LogP contribution < -0.4 is 11.0 Å². The first-order valence-corrected chi connectivity index (χ1v) is 6.49. The molecule has 0 radical (unpaired) electrons. The highest BCUT2D eigenvalue weighted by Crippen LogP contribution is 2.00. The molecular weight excluding hydrogens is 258 g/mol. The number of carbonyl (C=O) groups excluding carboxylic acids is 1. The van der Waals surface area contributed by atoms with Gasteiger partial charge in [-0.1, -0.05) is 25.1 Å². The molecule has 0 aliphatic carbocycles. The quantitative estimate of drug-likeness (QED) is 0.853. The fourth-order valence-electron chi connectivity index (χ4n) is 1.66. The first kappa shape index (κ1) is 14.0. The second kappa shape index (κ2) is 6.14. The van der Waals surface area contributed by atoms with E-state index in [-0.39, 0.29) is 18.5 Å². The van der Waals surface area contributed by atoms with Gasteiger partial charge in [0.1, 0.15) is 6.54 Å². The summed E-state index contributed by atoms with van der Waals surface area (Å²) in [5.41, 5.74) is 0.182. The summed E-state index contributed by atoms with van der Waals surface area (Å²) in [4.78, 5) is 23.8. The molecule has 0 saturated heterocycles. The van der Waals surface area contributed by atoms with E-state index in [1.807, 2.05) is 19.9 Å². The fraction of sp³-hybridized carbons (Fsp3) is 0.385. The van der Waals surface area contributed by atoms with Crippen LogP contribution in [0.15, 0.2) is 35.1 Å². The Morgan fingerprint density at radius 3 is 2.65 bits per heavy atom. The largest absolute Gasteiger partial charge is 0.368 e. The van der Waals surface area contributed by atoms with Crippen LogP contribution in [0.1, 0.15) is 20.3 Å². The molecule has 1 N–H and O–H groups in total. The van der Waals surface area contributed by atoms with Crippen molar-refractivity contribution in [3.05, 3.63) is 40.8 Å². The SMILES string of the molecule is CC[C@@H](C)NC(=O)Cn1nnn(-c2ccccc2)c1=O. The first-order chi connectivity index (χ1) is 9.61. The minimum atomic E-state index is -0.435. The molecule has 0 aliphatic rings. The van der Waals surface area contributed by atoms with Gasteiger partial charge in [0.05, 0.1) is 5.69 Å². The summed E-state index contributed by atoms with van der Waals surface area (Å²) in [6.07, 6.45) is 0.831. The van der Waals surface area contributed by atoms with Crippen LogP contribution in [0.5, 0.6) is 0 Å². The average molecular weight is 275 g/mol. The third-order valence-corrected chi connectivity index (χ3v) is 2.95. The molecule has 0 unspecified atom stereocenters. The zero-order valence-electron chi connectivity index (χ0n) is 11.5. The van der Waals surface area contributed by atoms with Gasteiger partial charge in [0.15, 0.2) is 0 Å². The summed E-state index contributed by atoms with van der Waals surface area (Å²) in [5, 5.41) is 10.3. The van der Waals surface area contributed by atoms with Crippen LogP contribution in [0, 0.1) is 0 Å². The summed E-state index contributed by atoms with van der Waals surface area (Å²) < 4.78 is 2.21. The molecule has 0 fully saturated rings. The summed E-state index contributed by atoms with van der Waals surface area (Å²) in [7, 11) is 0. The molecule has 7 nitrogen and oxygen atoms in total. The number of benzene rings is 1. The third kappa shape index (κ3) is 3.11. The van der Waals surface area contributed by atoms with E-state index in [2.05, 4.69) is 15.7 Å². The van der Waals surface area contributed by atoms with Gasteiger partial charge < -0.3 is 5.32 Å². The van der Waals surface area contributed by atoms with Crippen LogP contribution >= 0.6 is 0 Å². The summed E-state index contributed by atoms with van der Waals surface area (Å²) in [6.45, 7) is 3.75. The van der Waals surface area contributed by atoms with Gasteiger partial charge in [-0.2, -0.15) is 9.36 Å². The topological polar surface area (TPSA) is 81.8 Å². The molecule has 0 saturated carbocycles. The van der Waals surface area contributed by atoms with Crippen molar-refractivity contribution in [1.29, 1.82) is 0 Å². The average Bonchev–Trinajstić information content (AvgIpc) is 2.81. The molecule has 0 spiro atoms. The summed E-state index contributed by atoms with van der Waals surface area (Å²) in [5.74, 6) is -0.249. The number of hydrogen-bond donors (Lipinski definition) is 1. The van der Waals surface area contributed by atoms with Gasteiger partial charge >= 0.3 is 5.69 Å². The van der Waals surface area contributed by atoms with E-state index in [0.717, 1.165) is 15.8 Å². The summed E-state index contributed by atoms with van der Waals surface area (Å²) in [6, 6.07) is 9.02. The second-order valence-electron chi connectivity index (χ2n) is 4.54. The Morgan fingerprint density at radius 1 is 1.30 bits per heavy atom. The standard InChI is InChI=1S/C13H17N5O2/c1-3-10(2)14-12(19)9-17-13(20)18(16-15-17)11-7-5-4-6-8-11/h4-8,10H,3,9H2,1-2H3,(H,14,19)/t10-/m1/s1. The minimum absolute atomic E-state index is 0.0716. The van der Waals surface area contributed by atoms with Crippen LogP contribution in [0.4, 0.5) is 0 Å². The lowest BCUT2D eigenvalue weighted by Crippen LogP contribution is -2.37. The van der Waals surface area contributed by atoms with Crippen LogP contribution in [-0.2, 0) is 11.3 Å². The molecule has 0 bridgehead atoms. The maximum Gasteiger partial charge on any atom is 0.368 e. The molecule has 106 valence electrons. The predicted octanol–water partition coefficient (Wildman–Crippen LogP) is 0.344. The Hall–Kier alpha value is -2.44. The lowest BCUT2D eigenvalue weighted by Gasteiger charge is -2.10. The Labute approximate surface area is 116 Å². The van der Waals surface area contributed by atoms with E-state index >= 15 is 0 Å². The molecule has 1 amide bonds. The number of amides is 1. The van der Waals surface area contributed by atoms with Crippen molar-refractivity contribution >= 4 is 5.91 Å².